The van der Waals surface area contributed by atoms with Crippen LogP contribution in [0.15, 0.2) is 11.2 Å². The monoisotopic (exact) mass is 312 g/mol. The van der Waals surface area contributed by atoms with Crippen LogP contribution in [0.2, 0.25) is 0 Å². The molecule has 2 rings (SSSR count). The molecule has 1 saturated carbocycles. The standard InChI is InChI=1S/C14H24N4S2/c1-4-8-15-11-9-12(18-13(17-11)19-2)16-10-14(20-3)6-5-7-14/h9H,4-8,10H2,1-3H3,(H2,15,16,17,18). The summed E-state index contributed by atoms with van der Waals surface area (Å²) in [5.74, 6) is 1.85. The summed E-state index contributed by atoms with van der Waals surface area (Å²) in [6.07, 6.45) is 9.29. The first-order chi connectivity index (χ1) is 9.71. The molecule has 0 bridgehead atoms. The molecule has 0 aliphatic heterocycles. The van der Waals surface area contributed by atoms with Gasteiger partial charge in [-0.1, -0.05) is 25.1 Å². The fraction of sp³-hybridized carbons (Fsp3) is 0.714. The Hall–Kier alpha value is -0.620. The SMILES string of the molecule is CCCNc1cc(NCC2(SC)CCC2)nc(SC)n1. The lowest BCUT2D eigenvalue weighted by atomic mass is 9.84. The molecule has 1 fully saturated rings. The van der Waals surface area contributed by atoms with Gasteiger partial charge >= 0.3 is 0 Å². The maximum atomic E-state index is 4.55. The summed E-state index contributed by atoms with van der Waals surface area (Å²) < 4.78 is 0.418. The first-order valence-corrected chi connectivity index (χ1v) is 9.62. The number of hydrogen-bond donors (Lipinski definition) is 2. The highest BCUT2D eigenvalue weighted by atomic mass is 32.2. The zero-order valence-corrected chi connectivity index (χ0v) is 14.2. The van der Waals surface area contributed by atoms with Gasteiger partial charge in [0.25, 0.3) is 0 Å². The second kappa shape index (κ2) is 7.41. The van der Waals surface area contributed by atoms with E-state index in [0.29, 0.717) is 4.75 Å². The van der Waals surface area contributed by atoms with E-state index < -0.39 is 0 Å². The molecular weight excluding hydrogens is 288 g/mol. The molecule has 1 aromatic rings. The topological polar surface area (TPSA) is 49.8 Å². The van der Waals surface area contributed by atoms with Crippen molar-refractivity contribution in [2.45, 2.75) is 42.5 Å². The van der Waals surface area contributed by atoms with Gasteiger partial charge in [0.2, 0.25) is 0 Å². The lowest BCUT2D eigenvalue weighted by Crippen LogP contribution is -2.40. The highest BCUT2D eigenvalue weighted by molar-refractivity contribution is 8.00. The van der Waals surface area contributed by atoms with Crippen molar-refractivity contribution in [2.24, 2.45) is 0 Å². The quantitative estimate of drug-likeness (QED) is 0.563. The number of aromatic nitrogens is 2. The largest absolute Gasteiger partial charge is 0.370 e. The predicted octanol–water partition coefficient (Wildman–Crippen LogP) is 3.72. The Morgan fingerprint density at radius 3 is 2.40 bits per heavy atom. The Bertz CT molecular complexity index is 430. The summed E-state index contributed by atoms with van der Waals surface area (Å²) in [5.41, 5.74) is 0. The van der Waals surface area contributed by atoms with Gasteiger partial charge in [-0.05, 0) is 31.8 Å². The van der Waals surface area contributed by atoms with Gasteiger partial charge in [-0.15, -0.1) is 0 Å². The van der Waals surface area contributed by atoms with E-state index in [0.717, 1.165) is 36.3 Å². The van der Waals surface area contributed by atoms with E-state index in [1.807, 2.05) is 24.1 Å². The van der Waals surface area contributed by atoms with Crippen LogP contribution in [0.1, 0.15) is 32.6 Å². The third-order valence-corrected chi connectivity index (χ3v) is 5.70. The Labute approximate surface area is 130 Å². The zero-order chi connectivity index (χ0) is 14.4. The molecule has 0 atom stereocenters. The third-order valence-electron chi connectivity index (χ3n) is 3.73. The van der Waals surface area contributed by atoms with Crippen LogP contribution in [-0.4, -0.2) is 40.3 Å². The number of nitrogens with zero attached hydrogens (tertiary/aromatic N) is 2. The molecule has 0 saturated heterocycles. The molecule has 1 aromatic heterocycles. The zero-order valence-electron chi connectivity index (χ0n) is 12.5. The third kappa shape index (κ3) is 3.95. The van der Waals surface area contributed by atoms with Crippen LogP contribution in [0.5, 0.6) is 0 Å². The molecule has 0 radical (unpaired) electrons. The minimum atomic E-state index is 0.418. The van der Waals surface area contributed by atoms with Gasteiger partial charge in [0.05, 0.1) is 0 Å². The van der Waals surface area contributed by atoms with E-state index in [9.17, 15) is 0 Å². The van der Waals surface area contributed by atoms with Crippen LogP contribution in [-0.2, 0) is 0 Å². The van der Waals surface area contributed by atoms with Gasteiger partial charge in [-0.25, -0.2) is 9.97 Å². The van der Waals surface area contributed by atoms with Crippen LogP contribution in [0.4, 0.5) is 11.6 Å². The average molecular weight is 313 g/mol. The number of hydrogen-bond acceptors (Lipinski definition) is 6. The molecule has 0 amide bonds. The van der Waals surface area contributed by atoms with E-state index in [-0.39, 0.29) is 0 Å². The Morgan fingerprint density at radius 2 is 1.90 bits per heavy atom. The molecule has 2 N–H and O–H groups in total. The Balaban J connectivity index is 2.02. The number of nitrogens with one attached hydrogen (secondary N) is 2. The van der Waals surface area contributed by atoms with Crippen molar-refractivity contribution in [3.8, 4) is 0 Å². The molecule has 0 aromatic carbocycles. The lowest BCUT2D eigenvalue weighted by Gasteiger charge is -2.40. The summed E-state index contributed by atoms with van der Waals surface area (Å²) >= 11 is 3.56. The molecule has 4 nitrogen and oxygen atoms in total. The first-order valence-electron chi connectivity index (χ1n) is 7.17. The van der Waals surface area contributed by atoms with Crippen LogP contribution < -0.4 is 10.6 Å². The number of rotatable bonds is 8. The molecule has 6 heteroatoms. The van der Waals surface area contributed by atoms with Gasteiger partial charge in [-0.2, -0.15) is 11.8 Å². The number of anilines is 2. The molecule has 112 valence electrons. The average Bonchev–Trinajstić information content (AvgIpc) is 2.44. The van der Waals surface area contributed by atoms with Crippen molar-refractivity contribution in [1.82, 2.24) is 9.97 Å². The molecule has 20 heavy (non-hydrogen) atoms. The molecule has 0 unspecified atom stereocenters. The fourth-order valence-corrected chi connectivity index (χ4v) is 3.52. The van der Waals surface area contributed by atoms with Crippen molar-refractivity contribution >= 4 is 35.2 Å². The summed E-state index contributed by atoms with van der Waals surface area (Å²) in [6, 6.07) is 2.02. The van der Waals surface area contributed by atoms with Gasteiger partial charge in [0.15, 0.2) is 5.16 Å². The van der Waals surface area contributed by atoms with Crippen molar-refractivity contribution in [3.63, 3.8) is 0 Å². The summed E-state index contributed by atoms with van der Waals surface area (Å²) in [5, 5.41) is 7.66. The second-order valence-corrected chi connectivity index (χ2v) is 7.19. The predicted molar refractivity (Wildman–Crippen MR) is 91.2 cm³/mol. The van der Waals surface area contributed by atoms with Gasteiger partial charge < -0.3 is 10.6 Å². The molecule has 1 aliphatic carbocycles. The lowest BCUT2D eigenvalue weighted by molar-refractivity contribution is 0.379. The van der Waals surface area contributed by atoms with Crippen molar-refractivity contribution in [2.75, 3.05) is 36.2 Å². The smallest absolute Gasteiger partial charge is 0.191 e. The Kier molecular flexibility index (Phi) is 5.84. The van der Waals surface area contributed by atoms with E-state index in [1.165, 1.54) is 19.3 Å². The Morgan fingerprint density at radius 1 is 1.20 bits per heavy atom. The molecule has 1 aliphatic rings. The summed E-state index contributed by atoms with van der Waals surface area (Å²) in [4.78, 5) is 9.03. The fourth-order valence-electron chi connectivity index (χ4n) is 2.23. The molecule has 1 heterocycles. The van der Waals surface area contributed by atoms with E-state index in [2.05, 4.69) is 33.8 Å². The van der Waals surface area contributed by atoms with E-state index >= 15 is 0 Å². The molecule has 0 spiro atoms. The van der Waals surface area contributed by atoms with Gasteiger partial charge in [-0.3, -0.25) is 0 Å². The van der Waals surface area contributed by atoms with E-state index in [4.69, 9.17) is 0 Å². The maximum absolute atomic E-state index is 4.55. The summed E-state index contributed by atoms with van der Waals surface area (Å²) in [7, 11) is 0. The minimum Gasteiger partial charge on any atom is -0.370 e. The van der Waals surface area contributed by atoms with Crippen LogP contribution in [0.25, 0.3) is 0 Å². The molecular formula is C14H24N4S2. The van der Waals surface area contributed by atoms with Crippen molar-refractivity contribution in [3.05, 3.63) is 6.07 Å². The van der Waals surface area contributed by atoms with E-state index in [1.54, 1.807) is 11.8 Å². The number of thioether (sulfide) groups is 2. The first kappa shape index (κ1) is 15.8. The maximum Gasteiger partial charge on any atom is 0.191 e. The second-order valence-electron chi connectivity index (χ2n) is 5.15. The van der Waals surface area contributed by atoms with Crippen molar-refractivity contribution < 1.29 is 0 Å². The van der Waals surface area contributed by atoms with Crippen LogP contribution in [0.3, 0.4) is 0 Å². The van der Waals surface area contributed by atoms with Gasteiger partial charge in [0.1, 0.15) is 11.6 Å². The summed E-state index contributed by atoms with van der Waals surface area (Å²) in [6.45, 7) is 4.09. The normalized spacial score (nSPS) is 16.6. The minimum absolute atomic E-state index is 0.418. The van der Waals surface area contributed by atoms with Crippen molar-refractivity contribution in [1.29, 1.82) is 0 Å². The van der Waals surface area contributed by atoms with Gasteiger partial charge in [0, 0.05) is 23.9 Å². The highest BCUT2D eigenvalue weighted by Gasteiger charge is 2.35. The highest BCUT2D eigenvalue weighted by Crippen LogP contribution is 2.42. The van der Waals surface area contributed by atoms with Crippen LogP contribution in [0, 0.1) is 0 Å². The van der Waals surface area contributed by atoms with Crippen LogP contribution >= 0.6 is 23.5 Å².